The molecule has 1 spiro atoms. The first-order valence-electron chi connectivity index (χ1n) is 19.5. The van der Waals surface area contributed by atoms with Gasteiger partial charge in [0.05, 0.1) is 31.5 Å². The van der Waals surface area contributed by atoms with Crippen LogP contribution in [0.2, 0.25) is 0 Å². The highest BCUT2D eigenvalue weighted by atomic mass is 16.8. The van der Waals surface area contributed by atoms with Crippen LogP contribution in [0.25, 0.3) is 0 Å². The first kappa shape index (κ1) is 36.9. The van der Waals surface area contributed by atoms with E-state index in [1.165, 1.54) is 30.9 Å². The molecule has 8 fully saturated rings. The SMILES string of the molecule is CC(C)=C[C@H]1[C@H]2OC[C@]34CCC5C(CC=C6C[C@@H](O[C@@H]7OC(CO)[C@@H](O)C(O)C7O[C@@H]7OC(C)C(O)[C@H](O)[C@@H]7O)CC[C@@]65C)C3C[C@H](O2)C4[C@@H]1C. The summed E-state index contributed by atoms with van der Waals surface area (Å²) in [5, 5.41) is 62.9. The molecule has 9 rings (SSSR count). The zero-order valence-electron chi connectivity index (χ0n) is 30.6. The van der Waals surface area contributed by atoms with E-state index in [0.717, 1.165) is 32.3 Å². The Morgan fingerprint density at radius 3 is 2.43 bits per heavy atom. The van der Waals surface area contributed by atoms with Crippen molar-refractivity contribution in [2.24, 2.45) is 46.3 Å². The Labute approximate surface area is 301 Å². The molecule has 5 aliphatic heterocycles. The molecular formula is C39H60O12. The molecule has 4 aliphatic carbocycles. The van der Waals surface area contributed by atoms with Crippen molar-refractivity contribution in [3.63, 3.8) is 0 Å². The van der Waals surface area contributed by atoms with Crippen LogP contribution in [0.15, 0.2) is 23.3 Å². The number of fused-ring (bicyclic) bond motifs is 6. The van der Waals surface area contributed by atoms with Crippen LogP contribution in [0.4, 0.5) is 0 Å². The molecular weight excluding hydrogens is 660 g/mol. The Hall–Kier alpha value is -1.00. The van der Waals surface area contributed by atoms with Gasteiger partial charge < -0.3 is 59.1 Å². The molecule has 3 saturated carbocycles. The Kier molecular flexibility index (Phi) is 9.88. The second kappa shape index (κ2) is 13.6. The Balaban J connectivity index is 0.987. The third-order valence-electron chi connectivity index (χ3n) is 15.0. The van der Waals surface area contributed by atoms with Gasteiger partial charge in [0.25, 0.3) is 0 Å². The standard InChI is InChI=1S/C39H60O12/c1-17(2)12-23-18(3)28-26-14-25-22-7-6-20-13-21(8-10-38(20,5)24(22)9-11-39(25,28)16-46-35(23)49-26)48-37-34(32(44)30(42)27(15-40)50-37)51-36-33(45)31(43)29(41)19(4)47-36/h6,12,18-19,21-37,40-45H,7-11,13-16H2,1-5H3/t18-,19?,21+,22?,23-,24?,25?,26+,27?,28?,29?,30-,31+,32?,33+,34?,35+,36+,37-,38+,39-/m1/s1. The van der Waals surface area contributed by atoms with Gasteiger partial charge in [-0.1, -0.05) is 37.1 Å². The summed E-state index contributed by atoms with van der Waals surface area (Å²) in [6, 6.07) is 0. The van der Waals surface area contributed by atoms with Crippen molar-refractivity contribution >= 4 is 0 Å². The zero-order valence-corrected chi connectivity index (χ0v) is 30.6. The quantitative estimate of drug-likeness (QED) is 0.221. The van der Waals surface area contributed by atoms with Gasteiger partial charge in [0.15, 0.2) is 18.9 Å². The van der Waals surface area contributed by atoms with Crippen LogP contribution >= 0.6 is 0 Å². The lowest BCUT2D eigenvalue weighted by Gasteiger charge is -2.59. The van der Waals surface area contributed by atoms with E-state index in [4.69, 9.17) is 28.4 Å². The normalized spacial score (nSPS) is 56.3. The minimum atomic E-state index is -1.61. The molecule has 9 aliphatic rings. The van der Waals surface area contributed by atoms with Crippen molar-refractivity contribution in [1.82, 2.24) is 0 Å². The molecule has 0 radical (unpaired) electrons. The van der Waals surface area contributed by atoms with E-state index in [0.29, 0.717) is 41.9 Å². The number of rotatable bonds is 6. The van der Waals surface area contributed by atoms with E-state index < -0.39 is 68.0 Å². The van der Waals surface area contributed by atoms with Crippen LogP contribution in [0, 0.1) is 46.3 Å². The number of hydrogen-bond acceptors (Lipinski definition) is 12. The number of aliphatic hydroxyl groups excluding tert-OH is 6. The minimum absolute atomic E-state index is 0.0348. The lowest BCUT2D eigenvalue weighted by atomic mass is 9.46. The van der Waals surface area contributed by atoms with Gasteiger partial charge in [-0.3, -0.25) is 0 Å². The van der Waals surface area contributed by atoms with Gasteiger partial charge in [-0.25, -0.2) is 0 Å². The van der Waals surface area contributed by atoms with Crippen LogP contribution < -0.4 is 0 Å². The number of aliphatic hydroxyl groups is 6. The molecule has 0 aromatic rings. The zero-order chi connectivity index (χ0) is 36.1. The maximum Gasteiger partial charge on any atom is 0.187 e. The van der Waals surface area contributed by atoms with Crippen LogP contribution in [0.5, 0.6) is 0 Å². The second-order valence-electron chi connectivity index (χ2n) is 17.8. The highest BCUT2D eigenvalue weighted by molar-refractivity contribution is 5.27. The fraction of sp³-hybridized carbons (Fsp3) is 0.897. The fourth-order valence-electron chi connectivity index (χ4n) is 12.4. The molecule has 6 N–H and O–H groups in total. The van der Waals surface area contributed by atoms with E-state index >= 15 is 0 Å². The number of hydrogen-bond donors (Lipinski definition) is 6. The average Bonchev–Trinajstić information content (AvgIpc) is 3.29. The van der Waals surface area contributed by atoms with Crippen molar-refractivity contribution in [3.8, 4) is 0 Å². The number of allylic oxidation sites excluding steroid dienone is 2. The lowest BCUT2D eigenvalue weighted by molar-refractivity contribution is -0.369. The monoisotopic (exact) mass is 720 g/mol. The summed E-state index contributed by atoms with van der Waals surface area (Å²) in [7, 11) is 0. The summed E-state index contributed by atoms with van der Waals surface area (Å²) < 4.78 is 37.6. The summed E-state index contributed by atoms with van der Waals surface area (Å²) in [6.45, 7) is 11.0. The van der Waals surface area contributed by atoms with Crippen LogP contribution in [0.3, 0.4) is 0 Å². The van der Waals surface area contributed by atoms with Crippen molar-refractivity contribution in [3.05, 3.63) is 23.3 Å². The predicted molar refractivity (Wildman–Crippen MR) is 181 cm³/mol. The van der Waals surface area contributed by atoms with E-state index in [1.807, 2.05) is 0 Å². The maximum absolute atomic E-state index is 11.1. The van der Waals surface area contributed by atoms with Gasteiger partial charge >= 0.3 is 0 Å². The smallest absolute Gasteiger partial charge is 0.187 e. The topological polar surface area (TPSA) is 177 Å². The Bertz CT molecular complexity index is 1350. The first-order chi connectivity index (χ1) is 24.3. The van der Waals surface area contributed by atoms with Crippen LogP contribution in [-0.4, -0.2) is 124 Å². The highest BCUT2D eigenvalue weighted by Gasteiger charge is 2.68. The third-order valence-corrected chi connectivity index (χ3v) is 15.0. The fourth-order valence-corrected chi connectivity index (χ4v) is 12.4. The molecule has 9 unspecified atom stereocenters. The molecule has 288 valence electrons. The summed E-state index contributed by atoms with van der Waals surface area (Å²) in [5.74, 6) is 3.05. The van der Waals surface area contributed by atoms with Gasteiger partial charge in [-0.05, 0) is 101 Å². The molecule has 5 saturated heterocycles. The Morgan fingerprint density at radius 1 is 0.902 bits per heavy atom. The van der Waals surface area contributed by atoms with E-state index in [2.05, 4.69) is 39.8 Å². The first-order valence-corrected chi connectivity index (χ1v) is 19.5. The van der Waals surface area contributed by atoms with Crippen LogP contribution in [0.1, 0.15) is 79.6 Å². The van der Waals surface area contributed by atoms with Gasteiger partial charge in [-0.15, -0.1) is 0 Å². The molecule has 4 bridgehead atoms. The second-order valence-corrected chi connectivity index (χ2v) is 17.8. The summed E-state index contributed by atoms with van der Waals surface area (Å²) in [6.07, 6.45) is -1.79. The van der Waals surface area contributed by atoms with Gasteiger partial charge in [0, 0.05) is 11.3 Å². The lowest BCUT2D eigenvalue weighted by Crippen LogP contribution is -2.64. The van der Waals surface area contributed by atoms with Crippen molar-refractivity contribution in [1.29, 1.82) is 0 Å². The van der Waals surface area contributed by atoms with Gasteiger partial charge in [-0.2, -0.15) is 0 Å². The summed E-state index contributed by atoms with van der Waals surface area (Å²) in [5.41, 5.74) is 2.91. The predicted octanol–water partition coefficient (Wildman–Crippen LogP) is 2.17. The molecule has 21 atom stereocenters. The number of ether oxygens (including phenoxy) is 6. The molecule has 5 heterocycles. The van der Waals surface area contributed by atoms with Crippen molar-refractivity contribution in [2.45, 2.75) is 159 Å². The largest absolute Gasteiger partial charge is 0.394 e. The van der Waals surface area contributed by atoms with E-state index in [-0.39, 0.29) is 29.3 Å². The molecule has 51 heavy (non-hydrogen) atoms. The minimum Gasteiger partial charge on any atom is -0.394 e. The van der Waals surface area contributed by atoms with E-state index in [1.54, 1.807) is 0 Å². The summed E-state index contributed by atoms with van der Waals surface area (Å²) >= 11 is 0. The molecule has 0 aromatic carbocycles. The molecule has 0 amide bonds. The maximum atomic E-state index is 11.1. The molecule has 12 nitrogen and oxygen atoms in total. The van der Waals surface area contributed by atoms with Crippen LogP contribution in [-0.2, 0) is 28.4 Å². The average molecular weight is 721 g/mol. The summed E-state index contributed by atoms with van der Waals surface area (Å²) in [4.78, 5) is 0. The van der Waals surface area contributed by atoms with Gasteiger partial charge in [0.1, 0.15) is 42.7 Å². The third kappa shape index (κ3) is 5.85. The molecule has 0 aromatic heterocycles. The van der Waals surface area contributed by atoms with Gasteiger partial charge in [0.2, 0.25) is 0 Å². The molecule has 12 heteroatoms. The van der Waals surface area contributed by atoms with Crippen molar-refractivity contribution in [2.75, 3.05) is 13.2 Å². The van der Waals surface area contributed by atoms with Crippen molar-refractivity contribution < 1.29 is 59.1 Å². The van der Waals surface area contributed by atoms with E-state index in [9.17, 15) is 30.6 Å². The highest BCUT2D eigenvalue weighted by Crippen LogP contribution is 2.70. The Morgan fingerprint density at radius 2 is 1.69 bits per heavy atom.